The number of piperidine rings is 1. The number of rotatable bonds is 5. The molecular formula is C22H29ClN2O4. The van der Waals surface area contributed by atoms with Crippen molar-refractivity contribution in [3.63, 3.8) is 0 Å². The maximum atomic E-state index is 12.5. The minimum Gasteiger partial charge on any atom is -0.486 e. The van der Waals surface area contributed by atoms with Crippen LogP contribution in [-0.2, 0) is 9.53 Å². The monoisotopic (exact) mass is 420 g/mol. The first-order chi connectivity index (χ1) is 14.2. The van der Waals surface area contributed by atoms with Crippen molar-refractivity contribution in [3.05, 3.63) is 28.8 Å². The number of amides is 1. The summed E-state index contributed by atoms with van der Waals surface area (Å²) in [5.41, 5.74) is 0.828. The fraction of sp³-hybridized carbons (Fsp3) is 0.591. The number of hydrogen-bond donors (Lipinski definition) is 1. The zero-order valence-electron chi connectivity index (χ0n) is 16.8. The number of fused-ring (bicyclic) bond motifs is 1. The smallest absolute Gasteiger partial charge is 0.244 e. The first kappa shape index (κ1) is 20.5. The van der Waals surface area contributed by atoms with Crippen LogP contribution in [0.15, 0.2) is 18.2 Å². The zero-order chi connectivity index (χ0) is 20.1. The first-order valence-electron chi connectivity index (χ1n) is 10.5. The molecule has 0 aliphatic carbocycles. The lowest BCUT2D eigenvalue weighted by Crippen LogP contribution is -2.59. The molecule has 0 spiro atoms. The SMILES string of the molecule is O=C(/C=C/c1cc(Cl)c2c(c1)OCCO2)NCC1(N2CCCCC2)CCOCC1. The van der Waals surface area contributed by atoms with E-state index in [-0.39, 0.29) is 11.4 Å². The van der Waals surface area contributed by atoms with Crippen LogP contribution in [0.2, 0.25) is 5.02 Å². The predicted octanol–water partition coefficient (Wildman–Crippen LogP) is 3.28. The molecule has 1 N–H and O–H groups in total. The number of ether oxygens (including phenoxy) is 3. The standard InChI is InChI=1S/C22H29ClN2O4/c23-18-14-17(15-19-21(18)29-13-12-28-19)4-5-20(26)24-16-22(6-10-27-11-7-22)25-8-2-1-3-9-25/h4-5,14-15H,1-3,6-13,16H2,(H,24,26)/b5-4+. The molecule has 3 heterocycles. The lowest BCUT2D eigenvalue weighted by atomic mass is 9.86. The topological polar surface area (TPSA) is 60.0 Å². The summed E-state index contributed by atoms with van der Waals surface area (Å²) in [7, 11) is 0. The van der Waals surface area contributed by atoms with Gasteiger partial charge in [0.15, 0.2) is 11.5 Å². The van der Waals surface area contributed by atoms with Gasteiger partial charge >= 0.3 is 0 Å². The van der Waals surface area contributed by atoms with Crippen LogP contribution in [0.1, 0.15) is 37.7 Å². The van der Waals surface area contributed by atoms with E-state index in [0.717, 1.165) is 44.7 Å². The molecule has 1 amide bonds. The minimum atomic E-state index is -0.0983. The Hall–Kier alpha value is -1.76. The maximum absolute atomic E-state index is 12.5. The Morgan fingerprint density at radius 3 is 2.66 bits per heavy atom. The van der Waals surface area contributed by atoms with Gasteiger partial charge in [0.25, 0.3) is 0 Å². The molecule has 0 unspecified atom stereocenters. The Morgan fingerprint density at radius 1 is 1.10 bits per heavy atom. The van der Waals surface area contributed by atoms with Gasteiger partial charge in [-0.2, -0.15) is 0 Å². The van der Waals surface area contributed by atoms with E-state index in [4.69, 9.17) is 25.8 Å². The summed E-state index contributed by atoms with van der Waals surface area (Å²) in [5.74, 6) is 1.09. The fourth-order valence-electron chi connectivity index (χ4n) is 4.43. The average Bonchev–Trinajstić information content (AvgIpc) is 2.77. The van der Waals surface area contributed by atoms with E-state index in [1.165, 1.54) is 19.3 Å². The number of benzene rings is 1. The highest BCUT2D eigenvalue weighted by atomic mass is 35.5. The van der Waals surface area contributed by atoms with Crippen molar-refractivity contribution in [1.82, 2.24) is 10.2 Å². The van der Waals surface area contributed by atoms with Gasteiger partial charge in [-0.3, -0.25) is 9.69 Å². The number of nitrogens with one attached hydrogen (secondary N) is 1. The molecule has 1 aromatic carbocycles. The third kappa shape index (κ3) is 4.87. The molecule has 0 saturated carbocycles. The van der Waals surface area contributed by atoms with E-state index in [1.807, 2.05) is 6.07 Å². The van der Waals surface area contributed by atoms with E-state index in [0.29, 0.717) is 36.3 Å². The van der Waals surface area contributed by atoms with Crippen LogP contribution in [0, 0.1) is 0 Å². The van der Waals surface area contributed by atoms with Crippen LogP contribution in [0.25, 0.3) is 6.08 Å². The highest BCUT2D eigenvalue weighted by Gasteiger charge is 2.39. The van der Waals surface area contributed by atoms with Crippen LogP contribution in [-0.4, -0.2) is 62.4 Å². The molecule has 1 aromatic rings. The van der Waals surface area contributed by atoms with Gasteiger partial charge in [0.05, 0.1) is 5.02 Å². The summed E-state index contributed by atoms with van der Waals surface area (Å²) in [6.45, 7) is 5.40. The molecule has 2 saturated heterocycles. The van der Waals surface area contributed by atoms with E-state index < -0.39 is 0 Å². The molecule has 0 atom stereocenters. The van der Waals surface area contributed by atoms with Gasteiger partial charge in [-0.05, 0) is 62.5 Å². The number of carbonyl (C=O) groups is 1. The van der Waals surface area contributed by atoms with Gasteiger partial charge in [0.1, 0.15) is 13.2 Å². The maximum Gasteiger partial charge on any atom is 0.244 e. The van der Waals surface area contributed by atoms with Crippen molar-refractivity contribution in [2.45, 2.75) is 37.6 Å². The Labute approximate surface area is 177 Å². The molecule has 158 valence electrons. The molecule has 6 nitrogen and oxygen atoms in total. The minimum absolute atomic E-state index is 0.0163. The molecule has 0 aromatic heterocycles. The number of likely N-dealkylation sites (tertiary alicyclic amines) is 1. The fourth-order valence-corrected chi connectivity index (χ4v) is 4.71. The van der Waals surface area contributed by atoms with Gasteiger partial charge in [0.2, 0.25) is 5.91 Å². The van der Waals surface area contributed by atoms with E-state index in [9.17, 15) is 4.79 Å². The molecule has 0 bridgehead atoms. The van der Waals surface area contributed by atoms with Gasteiger partial charge < -0.3 is 19.5 Å². The summed E-state index contributed by atoms with van der Waals surface area (Å²) in [5, 5.41) is 3.62. The lowest BCUT2D eigenvalue weighted by molar-refractivity contribution is -0.118. The largest absolute Gasteiger partial charge is 0.486 e. The number of hydrogen-bond acceptors (Lipinski definition) is 5. The molecular weight excluding hydrogens is 392 g/mol. The molecule has 3 aliphatic rings. The highest BCUT2D eigenvalue weighted by Crippen LogP contribution is 2.38. The normalized spacial score (nSPS) is 21.8. The molecule has 3 aliphatic heterocycles. The van der Waals surface area contributed by atoms with Crippen molar-refractivity contribution in [3.8, 4) is 11.5 Å². The van der Waals surface area contributed by atoms with Gasteiger partial charge in [0, 0.05) is 31.4 Å². The van der Waals surface area contributed by atoms with Crippen molar-refractivity contribution in [1.29, 1.82) is 0 Å². The summed E-state index contributed by atoms with van der Waals surface area (Å²) < 4.78 is 16.7. The molecule has 0 radical (unpaired) electrons. The summed E-state index contributed by atoms with van der Waals surface area (Å²) in [4.78, 5) is 15.1. The number of halogens is 1. The van der Waals surface area contributed by atoms with Crippen molar-refractivity contribution in [2.24, 2.45) is 0 Å². The van der Waals surface area contributed by atoms with Gasteiger partial charge in [-0.25, -0.2) is 0 Å². The molecule has 4 rings (SSSR count). The zero-order valence-corrected chi connectivity index (χ0v) is 17.5. The third-order valence-electron chi connectivity index (χ3n) is 6.09. The van der Waals surface area contributed by atoms with Crippen LogP contribution >= 0.6 is 11.6 Å². The average molecular weight is 421 g/mol. The van der Waals surface area contributed by atoms with Crippen LogP contribution < -0.4 is 14.8 Å². The predicted molar refractivity (Wildman–Crippen MR) is 113 cm³/mol. The molecule has 2 fully saturated rings. The lowest BCUT2D eigenvalue weighted by Gasteiger charge is -2.48. The van der Waals surface area contributed by atoms with Crippen LogP contribution in [0.4, 0.5) is 0 Å². The van der Waals surface area contributed by atoms with Crippen molar-refractivity contribution >= 4 is 23.6 Å². The summed E-state index contributed by atoms with van der Waals surface area (Å²) in [6, 6.07) is 3.63. The third-order valence-corrected chi connectivity index (χ3v) is 6.37. The van der Waals surface area contributed by atoms with E-state index in [2.05, 4.69) is 10.2 Å². The van der Waals surface area contributed by atoms with Crippen molar-refractivity contribution < 1.29 is 19.0 Å². The van der Waals surface area contributed by atoms with Crippen LogP contribution in [0.3, 0.4) is 0 Å². The summed E-state index contributed by atoms with van der Waals surface area (Å²) in [6.07, 6.45) is 9.03. The number of carbonyl (C=O) groups excluding carboxylic acids is 1. The quantitative estimate of drug-likeness (QED) is 0.741. The van der Waals surface area contributed by atoms with E-state index >= 15 is 0 Å². The van der Waals surface area contributed by atoms with Gasteiger partial charge in [-0.1, -0.05) is 18.0 Å². The first-order valence-corrected chi connectivity index (χ1v) is 10.9. The number of nitrogens with zero attached hydrogens (tertiary/aromatic N) is 1. The summed E-state index contributed by atoms with van der Waals surface area (Å²) >= 11 is 6.27. The van der Waals surface area contributed by atoms with Crippen LogP contribution in [0.5, 0.6) is 11.5 Å². The molecule has 29 heavy (non-hydrogen) atoms. The molecule has 7 heteroatoms. The Bertz CT molecular complexity index is 755. The Balaban J connectivity index is 1.39. The Morgan fingerprint density at radius 2 is 1.86 bits per heavy atom. The van der Waals surface area contributed by atoms with E-state index in [1.54, 1.807) is 18.2 Å². The van der Waals surface area contributed by atoms with Crippen molar-refractivity contribution in [2.75, 3.05) is 46.1 Å². The Kier molecular flexibility index (Phi) is 6.63. The second-order valence-electron chi connectivity index (χ2n) is 7.96. The second-order valence-corrected chi connectivity index (χ2v) is 8.37. The van der Waals surface area contributed by atoms with Gasteiger partial charge in [-0.15, -0.1) is 0 Å². The second kappa shape index (κ2) is 9.37. The highest BCUT2D eigenvalue weighted by molar-refractivity contribution is 6.32.